The molecule has 36 heavy (non-hydrogen) atoms. The van der Waals surface area contributed by atoms with Crippen LogP contribution < -0.4 is 15.5 Å². The van der Waals surface area contributed by atoms with Crippen molar-refractivity contribution in [1.29, 1.82) is 0 Å². The highest BCUT2D eigenvalue weighted by atomic mass is 16.1. The second-order valence-corrected chi connectivity index (χ2v) is 11.3. The molecule has 2 unspecified atom stereocenters. The first-order chi connectivity index (χ1) is 17.6. The Morgan fingerprint density at radius 3 is 2.50 bits per heavy atom. The topological polar surface area (TPSA) is 76.6 Å². The van der Waals surface area contributed by atoms with Crippen LogP contribution in [0.3, 0.4) is 0 Å². The maximum absolute atomic E-state index is 13.1. The van der Waals surface area contributed by atoms with Crippen LogP contribution in [-0.4, -0.2) is 90.6 Å². The maximum atomic E-state index is 13.1. The fourth-order valence-corrected chi connectivity index (χ4v) is 6.32. The average Bonchev–Trinajstić information content (AvgIpc) is 3.18. The van der Waals surface area contributed by atoms with Gasteiger partial charge in [0.25, 0.3) is 0 Å². The van der Waals surface area contributed by atoms with Gasteiger partial charge < -0.3 is 20.4 Å². The highest BCUT2D eigenvalue weighted by Crippen LogP contribution is 2.31. The number of hydrogen-bond donors (Lipinski definition) is 2. The molecule has 202 valence electrons. The summed E-state index contributed by atoms with van der Waals surface area (Å²) in [6.07, 6.45) is 17.2. The summed E-state index contributed by atoms with van der Waals surface area (Å²) < 4.78 is 0. The number of carbonyl (C=O) groups is 1. The molecule has 4 rings (SSSR count). The molecule has 3 heterocycles. The van der Waals surface area contributed by atoms with E-state index in [1.807, 2.05) is 12.3 Å². The second-order valence-electron chi connectivity index (χ2n) is 11.3. The molecule has 2 saturated heterocycles. The van der Waals surface area contributed by atoms with Gasteiger partial charge in [0.2, 0.25) is 11.9 Å². The van der Waals surface area contributed by atoms with Crippen LogP contribution in [0.1, 0.15) is 83.5 Å². The molecule has 1 aromatic heterocycles. The molecule has 1 saturated carbocycles. The van der Waals surface area contributed by atoms with Crippen LogP contribution in [0.15, 0.2) is 12.3 Å². The predicted molar refractivity (Wildman–Crippen MR) is 148 cm³/mol. The van der Waals surface area contributed by atoms with E-state index in [0.29, 0.717) is 18.4 Å². The first kappa shape index (κ1) is 27.1. The Hall–Kier alpha value is -1.93. The van der Waals surface area contributed by atoms with Crippen molar-refractivity contribution < 1.29 is 4.79 Å². The number of aromatic nitrogens is 2. The Morgan fingerprint density at radius 1 is 1.00 bits per heavy atom. The van der Waals surface area contributed by atoms with E-state index < -0.39 is 0 Å². The molecule has 0 bridgehead atoms. The minimum atomic E-state index is 0.174. The highest BCUT2D eigenvalue weighted by Gasteiger charge is 2.37. The number of likely N-dealkylation sites (tertiary alicyclic amines) is 1. The van der Waals surface area contributed by atoms with Gasteiger partial charge in [-0.05, 0) is 78.2 Å². The van der Waals surface area contributed by atoms with Crippen LogP contribution >= 0.6 is 0 Å². The number of amides is 1. The van der Waals surface area contributed by atoms with E-state index in [1.54, 1.807) is 0 Å². The van der Waals surface area contributed by atoms with E-state index in [0.717, 1.165) is 57.8 Å². The lowest BCUT2D eigenvalue weighted by Crippen LogP contribution is -2.57. The van der Waals surface area contributed by atoms with Crippen molar-refractivity contribution in [3.05, 3.63) is 12.3 Å². The molecule has 0 spiro atoms. The fourth-order valence-electron chi connectivity index (χ4n) is 6.32. The summed E-state index contributed by atoms with van der Waals surface area (Å²) in [4.78, 5) is 29.8. The lowest BCUT2D eigenvalue weighted by Gasteiger charge is -2.46. The van der Waals surface area contributed by atoms with E-state index in [4.69, 9.17) is 4.98 Å². The lowest BCUT2D eigenvalue weighted by molar-refractivity contribution is -0.123. The van der Waals surface area contributed by atoms with Gasteiger partial charge in [0.1, 0.15) is 5.82 Å². The zero-order valence-electron chi connectivity index (χ0n) is 22.8. The number of nitrogens with one attached hydrogen (secondary N) is 2. The van der Waals surface area contributed by atoms with Gasteiger partial charge in [-0.15, -0.1) is 0 Å². The van der Waals surface area contributed by atoms with Crippen molar-refractivity contribution in [3.63, 3.8) is 0 Å². The zero-order chi connectivity index (χ0) is 25.2. The smallest absolute Gasteiger partial charge is 0.224 e. The number of hydrogen-bond acceptors (Lipinski definition) is 7. The quantitative estimate of drug-likeness (QED) is 0.473. The van der Waals surface area contributed by atoms with Gasteiger partial charge in [-0.2, -0.15) is 4.98 Å². The van der Waals surface area contributed by atoms with Crippen LogP contribution in [0.5, 0.6) is 0 Å². The molecule has 0 aromatic carbocycles. The van der Waals surface area contributed by atoms with Crippen molar-refractivity contribution in [3.8, 4) is 0 Å². The van der Waals surface area contributed by atoms with Gasteiger partial charge in [0.15, 0.2) is 0 Å². The SMILES string of the molecule is CN(C)CCCNC(=O)CC1C(Nc2nccc(N3CCCCCC3)n2)CCCN1C1CCCCC1. The van der Waals surface area contributed by atoms with E-state index in [2.05, 4.69) is 44.4 Å². The van der Waals surface area contributed by atoms with Crippen molar-refractivity contribution in [2.24, 2.45) is 0 Å². The molecular weight excluding hydrogens is 450 g/mol. The third-order valence-electron chi connectivity index (χ3n) is 8.25. The molecule has 3 fully saturated rings. The number of rotatable bonds is 10. The van der Waals surface area contributed by atoms with Crippen molar-refractivity contribution in [1.82, 2.24) is 25.1 Å². The number of carbonyl (C=O) groups excluding carboxylic acids is 1. The summed E-state index contributed by atoms with van der Waals surface area (Å²) in [7, 11) is 4.15. The molecule has 3 aliphatic rings. The van der Waals surface area contributed by atoms with Crippen molar-refractivity contribution >= 4 is 17.7 Å². The number of nitrogens with zero attached hydrogens (tertiary/aromatic N) is 5. The molecule has 1 aromatic rings. The van der Waals surface area contributed by atoms with E-state index in [-0.39, 0.29) is 18.0 Å². The standard InChI is InChI=1S/C28H49N7O/c1-33(2)18-11-16-29-27(36)22-25-24(14-10-21-35(25)23-12-6-5-7-13-23)31-28-30-17-15-26(32-28)34-19-8-3-4-9-20-34/h15,17,23-25H,3-14,16,18-22H2,1-2H3,(H,29,36)(H,30,31,32). The number of piperidine rings is 1. The monoisotopic (exact) mass is 499 g/mol. The van der Waals surface area contributed by atoms with Crippen molar-refractivity contribution in [2.45, 2.75) is 102 Å². The zero-order valence-corrected chi connectivity index (χ0v) is 22.8. The van der Waals surface area contributed by atoms with Gasteiger partial charge in [-0.3, -0.25) is 9.69 Å². The van der Waals surface area contributed by atoms with E-state index in [1.165, 1.54) is 57.8 Å². The summed E-state index contributed by atoms with van der Waals surface area (Å²) in [5.74, 6) is 1.92. The Balaban J connectivity index is 1.44. The summed E-state index contributed by atoms with van der Waals surface area (Å²) in [5, 5.41) is 6.90. The van der Waals surface area contributed by atoms with E-state index >= 15 is 0 Å². The lowest BCUT2D eigenvalue weighted by atomic mass is 9.87. The van der Waals surface area contributed by atoms with Gasteiger partial charge in [0, 0.05) is 50.4 Å². The van der Waals surface area contributed by atoms with Gasteiger partial charge in [0.05, 0.1) is 0 Å². The fraction of sp³-hybridized carbons (Fsp3) is 0.821. The Labute approximate surface area is 218 Å². The molecule has 1 amide bonds. The van der Waals surface area contributed by atoms with E-state index in [9.17, 15) is 4.79 Å². The normalized spacial score (nSPS) is 24.5. The largest absolute Gasteiger partial charge is 0.356 e. The molecule has 2 aliphatic heterocycles. The molecule has 8 heteroatoms. The Bertz CT molecular complexity index is 790. The summed E-state index contributed by atoms with van der Waals surface area (Å²) in [6, 6.07) is 3.01. The highest BCUT2D eigenvalue weighted by molar-refractivity contribution is 5.76. The minimum Gasteiger partial charge on any atom is -0.356 e. The van der Waals surface area contributed by atoms with Gasteiger partial charge in [-0.1, -0.05) is 32.1 Å². The van der Waals surface area contributed by atoms with Crippen LogP contribution in [0.2, 0.25) is 0 Å². The second kappa shape index (κ2) is 14.1. The number of anilines is 2. The molecule has 2 N–H and O–H groups in total. The van der Waals surface area contributed by atoms with Crippen LogP contribution in [0, 0.1) is 0 Å². The molecule has 1 aliphatic carbocycles. The third-order valence-corrected chi connectivity index (χ3v) is 8.25. The Morgan fingerprint density at radius 2 is 1.75 bits per heavy atom. The first-order valence-electron chi connectivity index (χ1n) is 14.6. The maximum Gasteiger partial charge on any atom is 0.224 e. The molecule has 8 nitrogen and oxygen atoms in total. The predicted octanol–water partition coefficient (Wildman–Crippen LogP) is 3.89. The summed E-state index contributed by atoms with van der Waals surface area (Å²) >= 11 is 0. The molecular formula is C28H49N7O. The van der Waals surface area contributed by atoms with Crippen LogP contribution in [0.25, 0.3) is 0 Å². The Kier molecular flexibility index (Phi) is 10.6. The summed E-state index contributed by atoms with van der Waals surface area (Å²) in [6.45, 7) is 4.98. The van der Waals surface area contributed by atoms with Crippen LogP contribution in [-0.2, 0) is 4.79 Å². The molecule has 0 radical (unpaired) electrons. The van der Waals surface area contributed by atoms with Gasteiger partial charge >= 0.3 is 0 Å². The van der Waals surface area contributed by atoms with Gasteiger partial charge in [-0.25, -0.2) is 4.98 Å². The first-order valence-corrected chi connectivity index (χ1v) is 14.6. The van der Waals surface area contributed by atoms with Crippen LogP contribution in [0.4, 0.5) is 11.8 Å². The third kappa shape index (κ3) is 8.04. The summed E-state index contributed by atoms with van der Waals surface area (Å²) in [5.41, 5.74) is 0. The minimum absolute atomic E-state index is 0.174. The molecule has 2 atom stereocenters. The van der Waals surface area contributed by atoms with Crippen molar-refractivity contribution in [2.75, 3.05) is 57.0 Å². The average molecular weight is 500 g/mol.